The molecule has 1 aromatic carbocycles. The average molecular weight is 348 g/mol. The van der Waals surface area contributed by atoms with Crippen molar-refractivity contribution in [2.45, 2.75) is 26.8 Å². The lowest BCUT2D eigenvalue weighted by Gasteiger charge is -2.28. The molecule has 0 aromatic heterocycles. The lowest BCUT2D eigenvalue weighted by Crippen LogP contribution is -2.45. The van der Waals surface area contributed by atoms with E-state index in [9.17, 15) is 9.59 Å². The minimum absolute atomic E-state index is 0.160. The molecule has 1 aliphatic heterocycles. The summed E-state index contributed by atoms with van der Waals surface area (Å²) >= 11 is 0. The molecule has 1 atom stereocenters. The van der Waals surface area contributed by atoms with Crippen LogP contribution in [0.15, 0.2) is 35.5 Å². The summed E-state index contributed by atoms with van der Waals surface area (Å²) in [6.45, 7) is 7.08. The fourth-order valence-corrected chi connectivity index (χ4v) is 2.55. The Hall–Kier alpha value is -2.54. The molecule has 0 saturated heterocycles. The van der Waals surface area contributed by atoms with Gasteiger partial charge in [0.25, 0.3) is 0 Å². The Morgan fingerprint density at radius 1 is 1.12 bits per heavy atom. The molecule has 1 aromatic rings. The standard InChI is InChI=1S/C18H24N2O5/c1-4-23-10-11-25-17(21)15-12(3)19-18(22)20-16(15)13-6-8-14(9-7-13)24-5-2/h6-9,16H,4-5,10-11H2,1-3H3,(H2,19,20,22). The predicted octanol–water partition coefficient (Wildman–Crippen LogP) is 2.29. The predicted molar refractivity (Wildman–Crippen MR) is 92.2 cm³/mol. The van der Waals surface area contributed by atoms with Crippen molar-refractivity contribution in [3.05, 3.63) is 41.1 Å². The fraction of sp³-hybridized carbons (Fsp3) is 0.444. The first-order valence-electron chi connectivity index (χ1n) is 8.32. The van der Waals surface area contributed by atoms with Crippen LogP contribution in [0.4, 0.5) is 4.79 Å². The van der Waals surface area contributed by atoms with Gasteiger partial charge in [-0.05, 0) is 38.5 Å². The van der Waals surface area contributed by atoms with Crippen LogP contribution in [0, 0.1) is 0 Å². The largest absolute Gasteiger partial charge is 0.494 e. The molecule has 7 heteroatoms. The number of carbonyl (C=O) groups is 2. The number of nitrogens with one attached hydrogen (secondary N) is 2. The Morgan fingerprint density at radius 2 is 1.84 bits per heavy atom. The minimum atomic E-state index is -0.580. The van der Waals surface area contributed by atoms with E-state index in [0.29, 0.717) is 31.1 Å². The second kappa shape index (κ2) is 9.08. The maximum atomic E-state index is 12.5. The monoisotopic (exact) mass is 348 g/mol. The molecule has 136 valence electrons. The van der Waals surface area contributed by atoms with Gasteiger partial charge in [0, 0.05) is 12.3 Å². The first kappa shape index (κ1) is 18.8. The van der Waals surface area contributed by atoms with E-state index in [0.717, 1.165) is 11.3 Å². The second-order valence-electron chi connectivity index (χ2n) is 5.41. The van der Waals surface area contributed by atoms with E-state index in [1.165, 1.54) is 0 Å². The van der Waals surface area contributed by atoms with E-state index in [1.807, 2.05) is 26.0 Å². The van der Waals surface area contributed by atoms with E-state index in [1.54, 1.807) is 19.1 Å². The van der Waals surface area contributed by atoms with Crippen LogP contribution in [0.1, 0.15) is 32.4 Å². The summed E-state index contributed by atoms with van der Waals surface area (Å²) in [5, 5.41) is 5.38. The van der Waals surface area contributed by atoms with Crippen molar-refractivity contribution in [3.63, 3.8) is 0 Å². The number of urea groups is 1. The summed E-state index contributed by atoms with van der Waals surface area (Å²) in [7, 11) is 0. The topological polar surface area (TPSA) is 85.9 Å². The molecule has 7 nitrogen and oxygen atoms in total. The zero-order chi connectivity index (χ0) is 18.2. The van der Waals surface area contributed by atoms with Crippen molar-refractivity contribution in [2.75, 3.05) is 26.4 Å². The maximum Gasteiger partial charge on any atom is 0.338 e. The summed E-state index contributed by atoms with van der Waals surface area (Å²) in [5.74, 6) is 0.247. The van der Waals surface area contributed by atoms with Gasteiger partial charge in [0.05, 0.1) is 24.8 Å². The number of esters is 1. The van der Waals surface area contributed by atoms with Crippen molar-refractivity contribution in [3.8, 4) is 5.75 Å². The zero-order valence-corrected chi connectivity index (χ0v) is 14.8. The quantitative estimate of drug-likeness (QED) is 0.556. The van der Waals surface area contributed by atoms with Crippen LogP contribution in [-0.2, 0) is 14.3 Å². The highest BCUT2D eigenvalue weighted by Gasteiger charge is 2.32. The van der Waals surface area contributed by atoms with Gasteiger partial charge in [-0.1, -0.05) is 12.1 Å². The molecule has 0 radical (unpaired) electrons. The molecular weight excluding hydrogens is 324 g/mol. The lowest BCUT2D eigenvalue weighted by atomic mass is 9.95. The van der Waals surface area contributed by atoms with Crippen LogP contribution in [0.2, 0.25) is 0 Å². The normalized spacial score (nSPS) is 16.9. The van der Waals surface area contributed by atoms with Gasteiger partial charge in [-0.15, -0.1) is 0 Å². The summed E-state index contributed by atoms with van der Waals surface area (Å²) in [5.41, 5.74) is 1.62. The van der Waals surface area contributed by atoms with Crippen LogP contribution in [0.5, 0.6) is 5.75 Å². The molecular formula is C18H24N2O5. The Morgan fingerprint density at radius 3 is 2.48 bits per heavy atom. The molecule has 25 heavy (non-hydrogen) atoms. The average Bonchev–Trinajstić information content (AvgIpc) is 2.59. The molecule has 1 unspecified atom stereocenters. The molecule has 1 heterocycles. The van der Waals surface area contributed by atoms with Gasteiger partial charge < -0.3 is 24.8 Å². The number of allylic oxidation sites excluding steroid dienone is 1. The van der Waals surface area contributed by atoms with E-state index >= 15 is 0 Å². The van der Waals surface area contributed by atoms with E-state index in [-0.39, 0.29) is 12.6 Å². The van der Waals surface area contributed by atoms with Gasteiger partial charge >= 0.3 is 12.0 Å². The Balaban J connectivity index is 2.19. The van der Waals surface area contributed by atoms with E-state index in [2.05, 4.69) is 10.6 Å². The molecule has 0 aliphatic carbocycles. The molecule has 2 amide bonds. The Kier molecular flexibility index (Phi) is 6.82. The van der Waals surface area contributed by atoms with Crippen molar-refractivity contribution in [1.82, 2.24) is 10.6 Å². The molecule has 0 fully saturated rings. The highest BCUT2D eigenvalue weighted by molar-refractivity contribution is 5.95. The SMILES string of the molecule is CCOCCOC(=O)C1=C(C)NC(=O)NC1c1ccc(OCC)cc1. The third kappa shape index (κ3) is 4.96. The van der Waals surface area contributed by atoms with Gasteiger partial charge in [0.1, 0.15) is 12.4 Å². The number of hydrogen-bond donors (Lipinski definition) is 2. The maximum absolute atomic E-state index is 12.5. The smallest absolute Gasteiger partial charge is 0.338 e. The molecule has 2 rings (SSSR count). The van der Waals surface area contributed by atoms with Gasteiger partial charge in [0.2, 0.25) is 0 Å². The molecule has 0 bridgehead atoms. The number of ether oxygens (including phenoxy) is 3. The van der Waals surface area contributed by atoms with Crippen molar-refractivity contribution >= 4 is 12.0 Å². The fourth-order valence-electron chi connectivity index (χ4n) is 2.55. The summed E-state index contributed by atoms with van der Waals surface area (Å²) in [4.78, 5) is 24.3. The lowest BCUT2D eigenvalue weighted by molar-refractivity contribution is -0.141. The molecule has 0 saturated carbocycles. The second-order valence-corrected chi connectivity index (χ2v) is 5.41. The molecule has 0 spiro atoms. The highest BCUT2D eigenvalue weighted by Crippen LogP contribution is 2.28. The third-order valence-corrected chi connectivity index (χ3v) is 3.68. The van der Waals surface area contributed by atoms with Gasteiger partial charge in [-0.25, -0.2) is 9.59 Å². The summed E-state index contributed by atoms with van der Waals surface area (Å²) < 4.78 is 15.9. The first-order valence-corrected chi connectivity index (χ1v) is 8.32. The molecule has 1 aliphatic rings. The summed E-state index contributed by atoms with van der Waals surface area (Å²) in [6.07, 6.45) is 0. The number of rotatable bonds is 8. The molecule has 2 N–H and O–H groups in total. The highest BCUT2D eigenvalue weighted by atomic mass is 16.6. The van der Waals surface area contributed by atoms with Gasteiger partial charge in [-0.2, -0.15) is 0 Å². The first-order chi connectivity index (χ1) is 12.1. The number of hydrogen-bond acceptors (Lipinski definition) is 5. The number of carbonyl (C=O) groups excluding carboxylic acids is 2. The Bertz CT molecular complexity index is 639. The van der Waals surface area contributed by atoms with Crippen LogP contribution in [-0.4, -0.2) is 38.4 Å². The van der Waals surface area contributed by atoms with Crippen molar-refractivity contribution < 1.29 is 23.8 Å². The van der Waals surface area contributed by atoms with Crippen molar-refractivity contribution in [1.29, 1.82) is 0 Å². The van der Waals surface area contributed by atoms with Crippen LogP contribution < -0.4 is 15.4 Å². The van der Waals surface area contributed by atoms with E-state index in [4.69, 9.17) is 14.2 Å². The summed E-state index contributed by atoms with van der Waals surface area (Å²) in [6, 6.07) is 6.32. The van der Waals surface area contributed by atoms with Gasteiger partial charge in [0.15, 0.2) is 0 Å². The van der Waals surface area contributed by atoms with Gasteiger partial charge in [-0.3, -0.25) is 0 Å². The minimum Gasteiger partial charge on any atom is -0.494 e. The van der Waals surface area contributed by atoms with Crippen molar-refractivity contribution in [2.24, 2.45) is 0 Å². The third-order valence-electron chi connectivity index (χ3n) is 3.68. The Labute approximate surface area is 147 Å². The van der Waals surface area contributed by atoms with Crippen LogP contribution >= 0.6 is 0 Å². The number of benzene rings is 1. The zero-order valence-electron chi connectivity index (χ0n) is 14.8. The van der Waals surface area contributed by atoms with Crippen LogP contribution in [0.25, 0.3) is 0 Å². The number of amides is 2. The van der Waals surface area contributed by atoms with Crippen LogP contribution in [0.3, 0.4) is 0 Å². The van der Waals surface area contributed by atoms with E-state index < -0.39 is 12.0 Å².